The van der Waals surface area contributed by atoms with Gasteiger partial charge in [-0.05, 0) is 38.5 Å². The second-order valence-electron chi connectivity index (χ2n) is 7.33. The Morgan fingerprint density at radius 3 is 2.56 bits per heavy atom. The van der Waals surface area contributed by atoms with Crippen molar-refractivity contribution < 1.29 is 13.2 Å². The zero-order chi connectivity index (χ0) is 19.1. The lowest BCUT2D eigenvalue weighted by Crippen LogP contribution is -2.31. The first-order valence-corrected chi connectivity index (χ1v) is 9.11. The summed E-state index contributed by atoms with van der Waals surface area (Å²) in [6.07, 6.45) is 2.50. The van der Waals surface area contributed by atoms with E-state index in [2.05, 4.69) is 23.7 Å². The van der Waals surface area contributed by atoms with Gasteiger partial charge in [0.15, 0.2) is 5.69 Å². The second kappa shape index (κ2) is 6.88. The predicted octanol–water partition coefficient (Wildman–Crippen LogP) is 4.26. The van der Waals surface area contributed by atoms with Gasteiger partial charge in [-0.15, -0.1) is 0 Å². The Kier molecular flexibility index (Phi) is 4.55. The minimum Gasteiger partial charge on any atom is -0.440 e. The zero-order valence-corrected chi connectivity index (χ0v) is 15.7. The van der Waals surface area contributed by atoms with Crippen molar-refractivity contribution in [3.8, 4) is 11.6 Å². The fourth-order valence-corrected chi connectivity index (χ4v) is 3.66. The van der Waals surface area contributed by atoms with Gasteiger partial charge in [0.05, 0.1) is 6.20 Å². The molecule has 2 aromatic heterocycles. The summed E-state index contributed by atoms with van der Waals surface area (Å²) in [5.74, 6) is 0.153. The van der Waals surface area contributed by atoms with Gasteiger partial charge in [-0.1, -0.05) is 0 Å². The maximum absolute atomic E-state index is 13.5. The van der Waals surface area contributed by atoms with Crippen LogP contribution in [0.15, 0.2) is 28.8 Å². The predicted molar refractivity (Wildman–Crippen MR) is 97.0 cm³/mol. The number of halogens is 2. The van der Waals surface area contributed by atoms with Crippen LogP contribution in [0.3, 0.4) is 0 Å². The van der Waals surface area contributed by atoms with Gasteiger partial charge in [0.25, 0.3) is 0 Å². The van der Waals surface area contributed by atoms with Gasteiger partial charge in [0, 0.05) is 49.4 Å². The van der Waals surface area contributed by atoms with Crippen LogP contribution >= 0.6 is 0 Å². The molecule has 0 unspecified atom stereocenters. The number of hydrogen-bond donors (Lipinski definition) is 0. The molecule has 142 valence electrons. The van der Waals surface area contributed by atoms with Crippen LogP contribution in [0, 0.1) is 18.6 Å². The zero-order valence-electron chi connectivity index (χ0n) is 15.7. The second-order valence-corrected chi connectivity index (χ2v) is 7.33. The van der Waals surface area contributed by atoms with Crippen molar-refractivity contribution in [1.29, 1.82) is 0 Å². The summed E-state index contributed by atoms with van der Waals surface area (Å²) in [6.45, 7) is 7.96. The summed E-state index contributed by atoms with van der Waals surface area (Å²) in [4.78, 5) is 6.51. The van der Waals surface area contributed by atoms with Crippen LogP contribution in [-0.4, -0.2) is 26.2 Å². The minimum absolute atomic E-state index is 0.229. The van der Waals surface area contributed by atoms with Crippen molar-refractivity contribution in [3.05, 3.63) is 58.6 Å². The molecule has 0 aliphatic carbocycles. The Labute approximate surface area is 156 Å². The molecule has 7 heteroatoms. The molecular weight excluding hydrogens is 350 g/mol. The highest BCUT2D eigenvalue weighted by Gasteiger charge is 2.28. The number of nitrogens with zero attached hydrogens (tertiary/aromatic N) is 4. The number of aromatic nitrogens is 3. The molecule has 0 radical (unpaired) electrons. The van der Waals surface area contributed by atoms with Crippen LogP contribution in [0.5, 0.6) is 0 Å². The van der Waals surface area contributed by atoms with E-state index in [0.29, 0.717) is 24.5 Å². The summed E-state index contributed by atoms with van der Waals surface area (Å²) in [7, 11) is 0. The molecule has 3 heterocycles. The van der Waals surface area contributed by atoms with Crippen molar-refractivity contribution >= 4 is 0 Å². The number of benzene rings is 1. The average molecular weight is 372 g/mol. The van der Waals surface area contributed by atoms with Crippen LogP contribution in [0.2, 0.25) is 0 Å². The van der Waals surface area contributed by atoms with E-state index < -0.39 is 11.6 Å². The van der Waals surface area contributed by atoms with E-state index in [4.69, 9.17) is 9.52 Å². The van der Waals surface area contributed by atoms with E-state index in [-0.39, 0.29) is 6.04 Å². The Balaban J connectivity index is 1.66. The molecule has 0 spiro atoms. The van der Waals surface area contributed by atoms with E-state index in [1.807, 2.05) is 11.6 Å². The Bertz CT molecular complexity index is 956. The molecule has 0 saturated carbocycles. The highest BCUT2D eigenvalue weighted by atomic mass is 19.1. The number of oxazole rings is 1. The van der Waals surface area contributed by atoms with E-state index in [0.717, 1.165) is 36.0 Å². The summed E-state index contributed by atoms with van der Waals surface area (Å²) >= 11 is 0. The van der Waals surface area contributed by atoms with Gasteiger partial charge in [-0.2, -0.15) is 5.10 Å². The first-order chi connectivity index (χ1) is 12.9. The molecule has 1 aliphatic heterocycles. The van der Waals surface area contributed by atoms with Crippen LogP contribution in [0.1, 0.15) is 42.5 Å². The highest BCUT2D eigenvalue weighted by molar-refractivity contribution is 5.55. The van der Waals surface area contributed by atoms with Crippen LogP contribution < -0.4 is 0 Å². The third kappa shape index (κ3) is 3.51. The Hall–Kier alpha value is -2.54. The average Bonchev–Trinajstić information content (AvgIpc) is 3.17. The summed E-state index contributed by atoms with van der Waals surface area (Å²) in [5, 5.41) is 4.76. The molecule has 0 saturated heterocycles. The van der Waals surface area contributed by atoms with Gasteiger partial charge < -0.3 is 4.42 Å². The standard InChI is InChI=1S/C20H22F2N4O/c1-12(2)26-18-4-5-25(10-14-6-15(21)8-16(22)7-14)11-17(18)19(24-26)20-23-9-13(3)27-20/h6-9,12H,4-5,10-11H2,1-3H3. The molecule has 3 aromatic rings. The first-order valence-electron chi connectivity index (χ1n) is 9.11. The third-order valence-electron chi connectivity index (χ3n) is 4.81. The lowest BCUT2D eigenvalue weighted by atomic mass is 10.0. The quantitative estimate of drug-likeness (QED) is 0.686. The van der Waals surface area contributed by atoms with Gasteiger partial charge in [0.1, 0.15) is 17.4 Å². The fourth-order valence-electron chi connectivity index (χ4n) is 3.66. The van der Waals surface area contributed by atoms with Crippen molar-refractivity contribution in [2.24, 2.45) is 0 Å². The molecule has 5 nitrogen and oxygen atoms in total. The molecule has 0 fully saturated rings. The monoisotopic (exact) mass is 372 g/mol. The van der Waals surface area contributed by atoms with E-state index >= 15 is 0 Å². The normalized spacial score (nSPS) is 14.7. The van der Waals surface area contributed by atoms with Crippen molar-refractivity contribution in [3.63, 3.8) is 0 Å². The van der Waals surface area contributed by atoms with Crippen LogP contribution in [0.4, 0.5) is 8.78 Å². The van der Waals surface area contributed by atoms with E-state index in [1.54, 1.807) is 6.20 Å². The molecule has 1 aliphatic rings. The molecule has 1 aromatic carbocycles. The van der Waals surface area contributed by atoms with Crippen LogP contribution in [-0.2, 0) is 19.5 Å². The van der Waals surface area contributed by atoms with Gasteiger partial charge in [0.2, 0.25) is 5.89 Å². The smallest absolute Gasteiger partial charge is 0.247 e. The van der Waals surface area contributed by atoms with Gasteiger partial charge in [-0.3, -0.25) is 9.58 Å². The third-order valence-corrected chi connectivity index (χ3v) is 4.81. The molecule has 4 rings (SSSR count). The number of aryl methyl sites for hydroxylation is 1. The van der Waals surface area contributed by atoms with Crippen molar-refractivity contribution in [1.82, 2.24) is 19.7 Å². The van der Waals surface area contributed by atoms with Gasteiger partial charge in [-0.25, -0.2) is 13.8 Å². The van der Waals surface area contributed by atoms with Gasteiger partial charge >= 0.3 is 0 Å². The summed E-state index contributed by atoms with van der Waals surface area (Å²) in [6, 6.07) is 3.89. The number of fused-ring (bicyclic) bond motifs is 1. The SMILES string of the molecule is Cc1cnc(-c2nn(C(C)C)c3c2CN(Cc2cc(F)cc(F)c2)CC3)o1. The van der Waals surface area contributed by atoms with Crippen LogP contribution in [0.25, 0.3) is 11.6 Å². The molecule has 0 amide bonds. The molecule has 0 N–H and O–H groups in total. The topological polar surface area (TPSA) is 47.1 Å². The maximum atomic E-state index is 13.5. The molecule has 27 heavy (non-hydrogen) atoms. The molecular formula is C20H22F2N4O. The Morgan fingerprint density at radius 2 is 1.93 bits per heavy atom. The van der Waals surface area contributed by atoms with E-state index in [9.17, 15) is 8.78 Å². The lowest BCUT2D eigenvalue weighted by molar-refractivity contribution is 0.240. The summed E-state index contributed by atoms with van der Waals surface area (Å²) in [5.41, 5.74) is 3.63. The first kappa shape index (κ1) is 17.9. The van der Waals surface area contributed by atoms with Crippen molar-refractivity contribution in [2.75, 3.05) is 6.54 Å². The number of rotatable bonds is 4. The van der Waals surface area contributed by atoms with Crippen molar-refractivity contribution in [2.45, 2.75) is 46.3 Å². The summed E-state index contributed by atoms with van der Waals surface area (Å²) < 4.78 is 34.8. The largest absolute Gasteiger partial charge is 0.440 e. The minimum atomic E-state index is -0.550. The lowest BCUT2D eigenvalue weighted by Gasteiger charge is -2.28. The molecule has 0 atom stereocenters. The highest BCUT2D eigenvalue weighted by Crippen LogP contribution is 2.32. The Morgan fingerprint density at radius 1 is 1.19 bits per heavy atom. The maximum Gasteiger partial charge on any atom is 0.247 e. The fraction of sp³-hybridized carbons (Fsp3) is 0.400. The van der Waals surface area contributed by atoms with E-state index in [1.165, 1.54) is 17.8 Å². The molecule has 0 bridgehead atoms. The number of hydrogen-bond acceptors (Lipinski definition) is 4.